The number of rotatable bonds is 76. The molecule has 3 N–H and O–H groups in total. The normalized spacial score (nSPS) is 14.0. The molecule has 2 unspecified atom stereocenters. The first-order chi connectivity index (χ1) is 46.4. The standard InChI is InChI=1S/C77H150O17P2/c1-7-9-11-13-15-17-18-19-20-21-25-28-31-35-42-48-54-60-75(80)88-66-72(93-76(81)61-55-49-43-36-32-29-26-23-22-24-27-30-34-39-45-51-57-69(3)4)67-91-95(83,84)89-63-71(78)64-90-96(85,86)92-68-73(65-87-74(79)59-53-47-41-33-16-14-12-10-8-2)94-77(82)62-56-50-44-38-37-40-46-52-58-70(5)6/h69-73,78H,7-68H2,1-6H3,(H,83,84)(H,85,86)/t71-,72-,73-/m1/s1. The average Bonchev–Trinajstić information content (AvgIpc) is 1.96. The van der Waals surface area contributed by atoms with Crippen molar-refractivity contribution in [2.45, 2.75) is 419 Å². The van der Waals surface area contributed by atoms with Gasteiger partial charge in [0.05, 0.1) is 26.4 Å². The summed E-state index contributed by atoms with van der Waals surface area (Å²) in [7, 11) is -9.91. The lowest BCUT2D eigenvalue weighted by atomic mass is 10.0. The molecule has 5 atom stereocenters. The van der Waals surface area contributed by atoms with Gasteiger partial charge in [-0.2, -0.15) is 0 Å². The number of unbranched alkanes of at least 4 members (excludes halogenated alkanes) is 46. The number of aliphatic hydroxyl groups excluding tert-OH is 1. The van der Waals surface area contributed by atoms with Crippen LogP contribution in [0.2, 0.25) is 0 Å². The summed E-state index contributed by atoms with van der Waals surface area (Å²) in [6.45, 7) is 9.58. The molecule has 0 aliphatic carbocycles. The van der Waals surface area contributed by atoms with Crippen LogP contribution in [0.4, 0.5) is 0 Å². The van der Waals surface area contributed by atoms with Crippen molar-refractivity contribution in [3.63, 3.8) is 0 Å². The lowest BCUT2D eigenvalue weighted by Gasteiger charge is -2.21. The SMILES string of the molecule is CCCCCCCCCCCCCCCCCCCC(=O)OC[C@H](COP(=O)(O)OC[C@@H](O)COP(=O)(O)OC[C@@H](COC(=O)CCCCCCCCCCC)OC(=O)CCCCCCCCCCC(C)C)OC(=O)CCCCCCCCCCCCCCCCCCC(C)C. The topological polar surface area (TPSA) is 237 Å². The van der Waals surface area contributed by atoms with Crippen LogP contribution in [0.25, 0.3) is 0 Å². The molecule has 570 valence electrons. The molecule has 0 spiro atoms. The van der Waals surface area contributed by atoms with Gasteiger partial charge in [-0.25, -0.2) is 9.13 Å². The minimum atomic E-state index is -4.96. The molecule has 19 heteroatoms. The van der Waals surface area contributed by atoms with E-state index in [1.54, 1.807) is 0 Å². The molecule has 0 amide bonds. The summed E-state index contributed by atoms with van der Waals surface area (Å²) in [4.78, 5) is 72.8. The first-order valence-electron chi connectivity index (χ1n) is 40.0. The molecule has 0 radical (unpaired) electrons. The van der Waals surface area contributed by atoms with Gasteiger partial charge in [-0.3, -0.25) is 37.3 Å². The fourth-order valence-corrected chi connectivity index (χ4v) is 13.4. The van der Waals surface area contributed by atoms with E-state index in [1.807, 2.05) is 0 Å². The summed E-state index contributed by atoms with van der Waals surface area (Å²) in [5, 5.41) is 10.6. The van der Waals surface area contributed by atoms with E-state index in [0.717, 1.165) is 102 Å². The summed E-state index contributed by atoms with van der Waals surface area (Å²) in [6, 6.07) is 0. The van der Waals surface area contributed by atoms with Gasteiger partial charge in [0.25, 0.3) is 0 Å². The zero-order chi connectivity index (χ0) is 70.7. The number of esters is 4. The number of carbonyl (C=O) groups excluding carboxylic acids is 4. The second kappa shape index (κ2) is 68.8. The predicted molar refractivity (Wildman–Crippen MR) is 391 cm³/mol. The highest BCUT2D eigenvalue weighted by Gasteiger charge is 2.30. The molecule has 0 heterocycles. The quantitative estimate of drug-likeness (QED) is 0.0222. The Bertz CT molecular complexity index is 1860. The fraction of sp³-hybridized carbons (Fsp3) is 0.948. The third-order valence-electron chi connectivity index (χ3n) is 18.0. The molecule has 0 fully saturated rings. The summed E-state index contributed by atoms with van der Waals surface area (Å²) in [6.07, 6.45) is 57.0. The Morgan fingerprint density at radius 3 is 0.708 bits per heavy atom. The van der Waals surface area contributed by atoms with Gasteiger partial charge in [0.15, 0.2) is 12.2 Å². The summed E-state index contributed by atoms with van der Waals surface area (Å²) in [5.41, 5.74) is 0. The Morgan fingerprint density at radius 1 is 0.281 bits per heavy atom. The van der Waals surface area contributed by atoms with E-state index in [1.165, 1.54) is 218 Å². The van der Waals surface area contributed by atoms with Crippen molar-refractivity contribution < 1.29 is 80.2 Å². The maximum Gasteiger partial charge on any atom is 0.472 e. The van der Waals surface area contributed by atoms with Gasteiger partial charge in [-0.15, -0.1) is 0 Å². The van der Waals surface area contributed by atoms with Crippen LogP contribution in [0.3, 0.4) is 0 Å². The summed E-state index contributed by atoms with van der Waals surface area (Å²) in [5.74, 6) is -0.589. The Morgan fingerprint density at radius 2 is 0.479 bits per heavy atom. The van der Waals surface area contributed by atoms with Crippen molar-refractivity contribution >= 4 is 39.5 Å². The van der Waals surface area contributed by atoms with Crippen molar-refractivity contribution in [1.29, 1.82) is 0 Å². The fourth-order valence-electron chi connectivity index (χ4n) is 11.8. The van der Waals surface area contributed by atoms with E-state index in [2.05, 4.69) is 41.5 Å². The first kappa shape index (κ1) is 94.1. The minimum Gasteiger partial charge on any atom is -0.462 e. The highest BCUT2D eigenvalue weighted by molar-refractivity contribution is 7.47. The maximum absolute atomic E-state index is 13.1. The van der Waals surface area contributed by atoms with E-state index < -0.39 is 97.5 Å². The Labute approximate surface area is 588 Å². The van der Waals surface area contributed by atoms with Crippen molar-refractivity contribution in [2.75, 3.05) is 39.6 Å². The minimum absolute atomic E-state index is 0.105. The third-order valence-corrected chi connectivity index (χ3v) is 19.9. The molecule has 0 saturated heterocycles. The van der Waals surface area contributed by atoms with Crippen molar-refractivity contribution in [1.82, 2.24) is 0 Å². The molecule has 0 bridgehead atoms. The van der Waals surface area contributed by atoms with E-state index in [4.69, 9.17) is 37.0 Å². The molecule has 96 heavy (non-hydrogen) atoms. The van der Waals surface area contributed by atoms with Crippen molar-refractivity contribution in [3.8, 4) is 0 Å². The monoisotopic (exact) mass is 1410 g/mol. The van der Waals surface area contributed by atoms with Crippen molar-refractivity contribution in [3.05, 3.63) is 0 Å². The van der Waals surface area contributed by atoms with Gasteiger partial charge in [0, 0.05) is 25.7 Å². The van der Waals surface area contributed by atoms with Gasteiger partial charge in [-0.1, -0.05) is 350 Å². The van der Waals surface area contributed by atoms with Crippen LogP contribution in [-0.2, 0) is 65.4 Å². The van der Waals surface area contributed by atoms with Crippen LogP contribution in [-0.4, -0.2) is 96.7 Å². The number of hydrogen-bond donors (Lipinski definition) is 3. The number of ether oxygens (including phenoxy) is 4. The van der Waals surface area contributed by atoms with E-state index in [-0.39, 0.29) is 25.7 Å². The summed E-state index contributed by atoms with van der Waals surface area (Å²) >= 11 is 0. The number of aliphatic hydroxyl groups is 1. The Hall–Kier alpha value is -1.94. The van der Waals surface area contributed by atoms with Gasteiger partial charge >= 0.3 is 39.5 Å². The van der Waals surface area contributed by atoms with Gasteiger partial charge in [-0.05, 0) is 37.5 Å². The number of phosphoric ester groups is 2. The molecule has 17 nitrogen and oxygen atoms in total. The predicted octanol–water partition coefficient (Wildman–Crippen LogP) is 22.7. The smallest absolute Gasteiger partial charge is 0.462 e. The maximum atomic E-state index is 13.1. The van der Waals surface area contributed by atoms with Crippen LogP contribution in [0.15, 0.2) is 0 Å². The molecule has 0 aliphatic rings. The van der Waals surface area contributed by atoms with Crippen LogP contribution in [0.1, 0.15) is 401 Å². The van der Waals surface area contributed by atoms with Crippen molar-refractivity contribution in [2.24, 2.45) is 11.8 Å². The molecular weight excluding hydrogens is 1260 g/mol. The highest BCUT2D eigenvalue weighted by Crippen LogP contribution is 2.45. The second-order valence-electron chi connectivity index (χ2n) is 28.7. The van der Waals surface area contributed by atoms with Crippen LogP contribution >= 0.6 is 15.6 Å². The molecule has 0 aromatic rings. The largest absolute Gasteiger partial charge is 0.472 e. The molecule has 0 aliphatic heterocycles. The van der Waals surface area contributed by atoms with E-state index in [0.29, 0.717) is 25.7 Å². The van der Waals surface area contributed by atoms with Crippen LogP contribution in [0, 0.1) is 11.8 Å². The molecule has 0 rings (SSSR count). The number of phosphoric acid groups is 2. The number of carbonyl (C=O) groups is 4. The van der Waals surface area contributed by atoms with Gasteiger partial charge in [0.2, 0.25) is 0 Å². The number of hydrogen-bond acceptors (Lipinski definition) is 15. The molecule has 0 aromatic carbocycles. The highest BCUT2D eigenvalue weighted by atomic mass is 31.2. The summed E-state index contributed by atoms with van der Waals surface area (Å²) < 4.78 is 68.5. The molecule has 0 aromatic heterocycles. The van der Waals surface area contributed by atoms with Crippen LogP contribution < -0.4 is 0 Å². The third kappa shape index (κ3) is 70.5. The van der Waals surface area contributed by atoms with E-state index >= 15 is 0 Å². The molecule has 0 saturated carbocycles. The zero-order valence-corrected chi connectivity index (χ0v) is 64.5. The Kier molecular flexibility index (Phi) is 67.4. The van der Waals surface area contributed by atoms with E-state index in [9.17, 15) is 43.2 Å². The van der Waals surface area contributed by atoms with Gasteiger partial charge < -0.3 is 33.8 Å². The zero-order valence-electron chi connectivity index (χ0n) is 62.7. The lowest BCUT2D eigenvalue weighted by Crippen LogP contribution is -2.30. The molecular formula is C77H150O17P2. The van der Waals surface area contributed by atoms with Crippen LogP contribution in [0.5, 0.6) is 0 Å². The average molecular weight is 1410 g/mol. The van der Waals surface area contributed by atoms with Gasteiger partial charge in [0.1, 0.15) is 19.3 Å². The second-order valence-corrected chi connectivity index (χ2v) is 31.6. The lowest BCUT2D eigenvalue weighted by molar-refractivity contribution is -0.161. The first-order valence-corrected chi connectivity index (χ1v) is 43.0. The Balaban J connectivity index is 5.21.